The zero-order chi connectivity index (χ0) is 23.1. The van der Waals surface area contributed by atoms with Crippen LogP contribution in [0.5, 0.6) is 0 Å². The average molecular weight is 489 g/mol. The van der Waals surface area contributed by atoms with E-state index in [9.17, 15) is 9.59 Å². The molecule has 2 aromatic carbocycles. The zero-order valence-electron chi connectivity index (χ0n) is 18.5. The van der Waals surface area contributed by atoms with Gasteiger partial charge in [0.2, 0.25) is 0 Å². The number of likely N-dealkylation sites (tertiary alicyclic amines) is 2. The monoisotopic (exact) mass is 488 g/mol. The second-order valence-corrected chi connectivity index (χ2v) is 10.7. The molecule has 6 nitrogen and oxygen atoms in total. The number of benzene rings is 2. The van der Waals surface area contributed by atoms with Crippen LogP contribution < -0.4 is 5.32 Å². The van der Waals surface area contributed by atoms with Gasteiger partial charge >= 0.3 is 0 Å². The van der Waals surface area contributed by atoms with Gasteiger partial charge in [-0.2, -0.15) is 0 Å². The van der Waals surface area contributed by atoms with Crippen LogP contribution in [0.15, 0.2) is 65.5 Å². The molecule has 4 heterocycles. The van der Waals surface area contributed by atoms with Crippen molar-refractivity contribution in [1.82, 2.24) is 20.1 Å². The van der Waals surface area contributed by atoms with E-state index >= 15 is 0 Å². The Kier molecular flexibility index (Phi) is 5.64. The molecule has 34 heavy (non-hydrogen) atoms. The molecule has 8 heteroatoms. The van der Waals surface area contributed by atoms with Crippen LogP contribution in [0.3, 0.4) is 0 Å². The van der Waals surface area contributed by atoms with Crippen molar-refractivity contribution in [1.29, 1.82) is 0 Å². The molecular formula is C26H24N4O2S2. The molecule has 0 spiro atoms. The Hall–Kier alpha value is -3.07. The Labute approximate surface area is 205 Å². The topological polar surface area (TPSA) is 65.5 Å². The first-order chi connectivity index (χ1) is 16.6. The summed E-state index contributed by atoms with van der Waals surface area (Å²) in [6.07, 6.45) is 0.931. The minimum atomic E-state index is 0.0103. The van der Waals surface area contributed by atoms with Gasteiger partial charge in [0.05, 0.1) is 10.4 Å². The number of thiophene rings is 1. The van der Waals surface area contributed by atoms with Crippen molar-refractivity contribution in [3.8, 4) is 11.1 Å². The molecule has 2 saturated heterocycles. The summed E-state index contributed by atoms with van der Waals surface area (Å²) in [5, 5.41) is 6.54. The quantitative estimate of drug-likeness (QED) is 0.454. The first-order valence-corrected chi connectivity index (χ1v) is 13.2. The SMILES string of the molecule is O=C(c1cscn1)N1CCC(NC2CN(C(=O)c3cc4ccc(-c5ccccc5)cc4s3)C2)C1. The molecule has 6 rings (SSSR count). The van der Waals surface area contributed by atoms with Crippen LogP contribution in [0.2, 0.25) is 0 Å². The normalized spacial score (nSPS) is 18.4. The predicted molar refractivity (Wildman–Crippen MR) is 137 cm³/mol. The van der Waals surface area contributed by atoms with E-state index in [1.54, 1.807) is 22.2 Å². The Bertz CT molecular complexity index is 1330. The summed E-state index contributed by atoms with van der Waals surface area (Å²) in [7, 11) is 0. The van der Waals surface area contributed by atoms with Crippen LogP contribution in [0.4, 0.5) is 0 Å². The zero-order valence-corrected chi connectivity index (χ0v) is 20.1. The van der Waals surface area contributed by atoms with Gasteiger partial charge in [0.1, 0.15) is 5.69 Å². The van der Waals surface area contributed by atoms with Crippen LogP contribution in [0.1, 0.15) is 26.6 Å². The molecule has 1 atom stereocenters. The number of rotatable bonds is 5. The molecule has 0 saturated carbocycles. The van der Waals surface area contributed by atoms with Crippen molar-refractivity contribution < 1.29 is 9.59 Å². The van der Waals surface area contributed by atoms with Gasteiger partial charge in [-0.15, -0.1) is 22.7 Å². The van der Waals surface area contributed by atoms with Gasteiger partial charge < -0.3 is 15.1 Å². The number of carbonyl (C=O) groups excluding carboxylic acids is 2. The van der Waals surface area contributed by atoms with Crippen molar-refractivity contribution in [2.24, 2.45) is 0 Å². The molecule has 1 N–H and O–H groups in total. The molecule has 0 aliphatic carbocycles. The maximum atomic E-state index is 13.1. The van der Waals surface area contributed by atoms with Crippen LogP contribution >= 0.6 is 22.7 Å². The fourth-order valence-corrected chi connectivity index (χ4v) is 6.34. The molecule has 0 radical (unpaired) electrons. The lowest BCUT2D eigenvalue weighted by Gasteiger charge is -2.40. The lowest BCUT2D eigenvalue weighted by Crippen LogP contribution is -2.61. The number of hydrogen-bond donors (Lipinski definition) is 1. The largest absolute Gasteiger partial charge is 0.336 e. The van der Waals surface area contributed by atoms with Crippen LogP contribution in [-0.2, 0) is 0 Å². The standard InChI is InChI=1S/C26H24N4O2S2/c31-25(22-15-33-16-27-22)29-9-8-20(12-29)28-21-13-30(14-21)26(32)24-11-19-7-6-18(10-23(19)34-24)17-4-2-1-3-5-17/h1-7,10-11,15-16,20-21,28H,8-9,12-14H2. The van der Waals surface area contributed by atoms with Gasteiger partial charge in [-0.1, -0.05) is 42.5 Å². The summed E-state index contributed by atoms with van der Waals surface area (Å²) in [5.41, 5.74) is 4.57. The van der Waals surface area contributed by atoms with Gasteiger partial charge in [0.15, 0.2) is 0 Å². The summed E-state index contributed by atoms with van der Waals surface area (Å²) in [6, 6.07) is 19.3. The minimum Gasteiger partial charge on any atom is -0.336 e. The van der Waals surface area contributed by atoms with Crippen molar-refractivity contribution in [3.05, 3.63) is 76.1 Å². The summed E-state index contributed by atoms with van der Waals surface area (Å²) >= 11 is 3.01. The number of aromatic nitrogens is 1. The molecule has 172 valence electrons. The van der Waals surface area contributed by atoms with E-state index in [1.807, 2.05) is 34.1 Å². The summed E-state index contributed by atoms with van der Waals surface area (Å²) < 4.78 is 1.13. The number of amides is 2. The Morgan fingerprint density at radius 3 is 2.53 bits per heavy atom. The number of thiazole rings is 1. The first kappa shape index (κ1) is 21.5. The minimum absolute atomic E-state index is 0.0103. The molecule has 2 aliphatic heterocycles. The Morgan fingerprint density at radius 1 is 0.912 bits per heavy atom. The van der Waals surface area contributed by atoms with Gasteiger partial charge in [0, 0.05) is 48.3 Å². The maximum Gasteiger partial charge on any atom is 0.273 e. The Morgan fingerprint density at radius 2 is 1.74 bits per heavy atom. The number of fused-ring (bicyclic) bond motifs is 1. The second-order valence-electron chi connectivity index (χ2n) is 8.91. The second kappa shape index (κ2) is 8.94. The number of hydrogen-bond acceptors (Lipinski definition) is 6. The van der Waals surface area contributed by atoms with E-state index in [4.69, 9.17) is 0 Å². The molecule has 1 unspecified atom stereocenters. The molecule has 0 bridgehead atoms. The molecule has 2 aliphatic rings. The highest BCUT2D eigenvalue weighted by atomic mass is 32.1. The number of carbonyl (C=O) groups is 2. The van der Waals surface area contributed by atoms with Crippen LogP contribution in [0, 0.1) is 0 Å². The molecule has 2 aromatic heterocycles. The van der Waals surface area contributed by atoms with Crippen LogP contribution in [0.25, 0.3) is 21.2 Å². The third-order valence-electron chi connectivity index (χ3n) is 6.61. The van der Waals surface area contributed by atoms with Crippen molar-refractivity contribution in [3.63, 3.8) is 0 Å². The fourth-order valence-electron chi connectivity index (χ4n) is 4.75. The van der Waals surface area contributed by atoms with E-state index in [0.29, 0.717) is 25.3 Å². The Balaban J connectivity index is 1.04. The third-order valence-corrected chi connectivity index (χ3v) is 8.28. The van der Waals surface area contributed by atoms with Crippen molar-refractivity contribution in [2.45, 2.75) is 18.5 Å². The van der Waals surface area contributed by atoms with Gasteiger partial charge in [-0.25, -0.2) is 4.98 Å². The van der Waals surface area contributed by atoms with E-state index in [0.717, 1.165) is 27.9 Å². The van der Waals surface area contributed by atoms with Crippen molar-refractivity contribution in [2.75, 3.05) is 26.2 Å². The summed E-state index contributed by atoms with van der Waals surface area (Å²) in [5.74, 6) is 0.114. The van der Waals surface area contributed by atoms with Gasteiger partial charge in [-0.3, -0.25) is 9.59 Å². The molecular weight excluding hydrogens is 464 g/mol. The lowest BCUT2D eigenvalue weighted by molar-refractivity contribution is 0.0557. The highest BCUT2D eigenvalue weighted by Crippen LogP contribution is 2.32. The smallest absolute Gasteiger partial charge is 0.273 e. The number of nitrogens with zero attached hydrogens (tertiary/aromatic N) is 3. The summed E-state index contributed by atoms with van der Waals surface area (Å²) in [4.78, 5) is 34.2. The van der Waals surface area contributed by atoms with E-state index in [1.165, 1.54) is 22.5 Å². The van der Waals surface area contributed by atoms with E-state index in [2.05, 4.69) is 40.6 Å². The van der Waals surface area contributed by atoms with E-state index < -0.39 is 0 Å². The van der Waals surface area contributed by atoms with Crippen molar-refractivity contribution >= 4 is 44.6 Å². The molecule has 2 fully saturated rings. The lowest BCUT2D eigenvalue weighted by atomic mass is 10.0. The number of nitrogens with one attached hydrogen (secondary N) is 1. The molecule has 2 amide bonds. The average Bonchev–Trinajstić information content (AvgIpc) is 3.61. The summed E-state index contributed by atoms with van der Waals surface area (Å²) in [6.45, 7) is 2.86. The van der Waals surface area contributed by atoms with Gasteiger partial charge in [-0.05, 0) is 35.1 Å². The van der Waals surface area contributed by atoms with Gasteiger partial charge in [0.25, 0.3) is 11.8 Å². The maximum absolute atomic E-state index is 13.1. The predicted octanol–water partition coefficient (Wildman–Crippen LogP) is 4.35. The van der Waals surface area contributed by atoms with E-state index in [-0.39, 0.29) is 23.9 Å². The third kappa shape index (κ3) is 4.13. The highest BCUT2D eigenvalue weighted by Gasteiger charge is 2.35. The van der Waals surface area contributed by atoms with Crippen LogP contribution in [-0.4, -0.2) is 64.9 Å². The molecule has 4 aromatic rings. The fraction of sp³-hybridized carbons (Fsp3) is 0.269. The highest BCUT2D eigenvalue weighted by molar-refractivity contribution is 7.20. The first-order valence-electron chi connectivity index (χ1n) is 11.5.